The van der Waals surface area contributed by atoms with E-state index in [0.29, 0.717) is 39.2 Å². The molecule has 0 saturated carbocycles. The number of nitrogens with zero attached hydrogens (tertiary/aromatic N) is 3. The number of amides is 2. The average Bonchev–Trinajstić information content (AvgIpc) is 3.51. The molecule has 0 radical (unpaired) electrons. The number of imidazole rings is 1. The molecule has 1 aromatic heterocycles. The summed E-state index contributed by atoms with van der Waals surface area (Å²) in [6.45, 7) is 11.5. The van der Waals surface area contributed by atoms with Gasteiger partial charge in [0.15, 0.2) is 0 Å². The van der Waals surface area contributed by atoms with Crippen molar-refractivity contribution < 1.29 is 44.8 Å². The molecule has 0 aliphatic carbocycles. The first kappa shape index (κ1) is 38.8. The van der Waals surface area contributed by atoms with Gasteiger partial charge in [0.1, 0.15) is 35.6 Å². The van der Waals surface area contributed by atoms with Gasteiger partial charge in [0.25, 0.3) is 0 Å². The number of aromatic nitrogens is 2. The fraction of sp³-hybridized carbons (Fsp3) is 0.562. The van der Waals surface area contributed by atoms with E-state index in [1.165, 1.54) is 0 Å². The van der Waals surface area contributed by atoms with Gasteiger partial charge >= 0.3 is 18.4 Å². The summed E-state index contributed by atoms with van der Waals surface area (Å²) in [5, 5.41) is 1.93. The largest absolute Gasteiger partial charge is 0.410 e. The maximum atomic E-state index is 13.9. The first-order valence-corrected chi connectivity index (χ1v) is 20.6. The predicted octanol–water partition coefficient (Wildman–Crippen LogP) is 7.05. The number of ether oxygens (including phenoxy) is 2. The summed E-state index contributed by atoms with van der Waals surface area (Å²) >= 11 is 0. The SMILES string of the molecule is COC(CC(F)(F)F)C(N[S@@](=O)c1c(C)cc(C)cc1C)c1nc2cc(CN3C[C@@H](C(F)(F)F)NC3=O)ccc2n1COCC[Si](C)(C)C. The first-order chi connectivity index (χ1) is 22.7. The van der Waals surface area contributed by atoms with E-state index in [4.69, 9.17) is 14.5 Å². The summed E-state index contributed by atoms with van der Waals surface area (Å²) in [6, 6.07) is 5.09. The van der Waals surface area contributed by atoms with Gasteiger partial charge in [0, 0.05) is 28.3 Å². The molecular formula is C32H43F6N5O4SSi. The Hall–Kier alpha value is -2.99. The van der Waals surface area contributed by atoms with E-state index in [2.05, 4.69) is 24.4 Å². The summed E-state index contributed by atoms with van der Waals surface area (Å²) in [7, 11) is -2.35. The molecule has 1 fully saturated rings. The van der Waals surface area contributed by atoms with Crippen LogP contribution in [-0.4, -0.2) is 77.5 Å². The van der Waals surface area contributed by atoms with Crippen LogP contribution >= 0.6 is 0 Å². The van der Waals surface area contributed by atoms with Crippen molar-refractivity contribution in [2.45, 2.75) is 102 Å². The average molecular weight is 736 g/mol. The molecule has 2 aromatic carbocycles. The lowest BCUT2D eigenvalue weighted by atomic mass is 10.1. The highest BCUT2D eigenvalue weighted by atomic mass is 32.2. The van der Waals surface area contributed by atoms with Crippen LogP contribution < -0.4 is 10.0 Å². The smallest absolute Gasteiger partial charge is 0.379 e. The van der Waals surface area contributed by atoms with Crippen LogP contribution in [-0.2, 0) is 33.7 Å². The van der Waals surface area contributed by atoms with Gasteiger partial charge in [0.05, 0.1) is 35.0 Å². The van der Waals surface area contributed by atoms with Crippen molar-refractivity contribution >= 4 is 36.1 Å². The minimum absolute atomic E-state index is 0.0723. The highest BCUT2D eigenvalue weighted by molar-refractivity contribution is 7.83. The number of hydrogen-bond acceptors (Lipinski definition) is 5. The lowest BCUT2D eigenvalue weighted by molar-refractivity contribution is -0.161. The van der Waals surface area contributed by atoms with Crippen molar-refractivity contribution in [2.24, 2.45) is 0 Å². The van der Waals surface area contributed by atoms with Crippen LogP contribution in [0.1, 0.15) is 40.5 Å². The van der Waals surface area contributed by atoms with Gasteiger partial charge in [0.2, 0.25) is 0 Å². The number of fused-ring (bicyclic) bond motifs is 1. The maximum Gasteiger partial charge on any atom is 0.410 e. The van der Waals surface area contributed by atoms with E-state index in [1.54, 1.807) is 36.6 Å². The second kappa shape index (κ2) is 15.1. The number of rotatable bonds is 14. The van der Waals surface area contributed by atoms with E-state index in [9.17, 15) is 35.3 Å². The van der Waals surface area contributed by atoms with Crippen LogP contribution in [0.2, 0.25) is 25.7 Å². The number of urea groups is 1. The summed E-state index contributed by atoms with van der Waals surface area (Å²) in [5.41, 5.74) is 3.55. The molecule has 2 heterocycles. The van der Waals surface area contributed by atoms with Crippen molar-refractivity contribution in [3.05, 3.63) is 58.4 Å². The Morgan fingerprint density at radius 2 is 1.73 bits per heavy atom. The van der Waals surface area contributed by atoms with E-state index in [1.807, 2.05) is 24.4 Å². The molecule has 17 heteroatoms. The van der Waals surface area contributed by atoms with Crippen LogP contribution in [0.25, 0.3) is 11.0 Å². The third-order valence-corrected chi connectivity index (χ3v) is 11.4. The summed E-state index contributed by atoms with van der Waals surface area (Å²) in [4.78, 5) is 18.5. The molecule has 1 saturated heterocycles. The van der Waals surface area contributed by atoms with Gasteiger partial charge in [-0.3, -0.25) is 0 Å². The van der Waals surface area contributed by atoms with Crippen molar-refractivity contribution in [2.75, 3.05) is 20.3 Å². The Kier molecular flexibility index (Phi) is 11.9. The third kappa shape index (κ3) is 10.1. The molecule has 1 aliphatic heterocycles. The van der Waals surface area contributed by atoms with Gasteiger partial charge in [-0.25, -0.2) is 18.7 Å². The van der Waals surface area contributed by atoms with Gasteiger partial charge in [-0.15, -0.1) is 0 Å². The number of alkyl halides is 6. The third-order valence-electron chi connectivity index (χ3n) is 8.22. The minimum Gasteiger partial charge on any atom is -0.379 e. The molecule has 2 N–H and O–H groups in total. The van der Waals surface area contributed by atoms with E-state index in [-0.39, 0.29) is 19.1 Å². The van der Waals surface area contributed by atoms with E-state index >= 15 is 0 Å². The fourth-order valence-corrected chi connectivity index (χ4v) is 7.89. The Balaban J connectivity index is 1.78. The Morgan fingerprint density at radius 3 is 2.29 bits per heavy atom. The van der Waals surface area contributed by atoms with Crippen LogP contribution in [0.3, 0.4) is 0 Å². The number of hydrogen-bond donors (Lipinski definition) is 2. The van der Waals surface area contributed by atoms with Crippen molar-refractivity contribution in [3.63, 3.8) is 0 Å². The molecule has 9 nitrogen and oxygen atoms in total. The normalized spacial score (nSPS) is 17.9. The van der Waals surface area contributed by atoms with Crippen molar-refractivity contribution in [1.29, 1.82) is 0 Å². The lowest BCUT2D eigenvalue weighted by Crippen LogP contribution is -2.40. The molecule has 2 amide bonds. The van der Waals surface area contributed by atoms with Crippen LogP contribution in [0.15, 0.2) is 35.2 Å². The quantitative estimate of drug-likeness (QED) is 0.105. The number of carbonyl (C=O) groups excluding carboxylic acids is 1. The van der Waals surface area contributed by atoms with Crippen molar-refractivity contribution in [3.8, 4) is 0 Å². The molecule has 1 aliphatic rings. The number of aryl methyl sites for hydroxylation is 3. The van der Waals surface area contributed by atoms with Crippen LogP contribution in [0.4, 0.5) is 31.1 Å². The minimum atomic E-state index is -4.64. The molecule has 4 atom stereocenters. The summed E-state index contributed by atoms with van der Waals surface area (Å²) < 4.78 is 111. The Labute approximate surface area is 285 Å². The van der Waals surface area contributed by atoms with Gasteiger partial charge in [-0.1, -0.05) is 43.4 Å². The van der Waals surface area contributed by atoms with Gasteiger partial charge in [-0.05, 0) is 55.6 Å². The van der Waals surface area contributed by atoms with Crippen LogP contribution in [0.5, 0.6) is 0 Å². The highest BCUT2D eigenvalue weighted by Gasteiger charge is 2.47. The second-order valence-electron chi connectivity index (χ2n) is 13.7. The predicted molar refractivity (Wildman–Crippen MR) is 177 cm³/mol. The molecule has 272 valence electrons. The maximum absolute atomic E-state index is 13.9. The molecule has 4 rings (SSSR count). The zero-order valence-corrected chi connectivity index (χ0v) is 30.3. The summed E-state index contributed by atoms with van der Waals surface area (Å²) in [5.74, 6) is 0.0723. The zero-order chi connectivity index (χ0) is 36.5. The molecule has 0 spiro atoms. The first-order valence-electron chi connectivity index (χ1n) is 15.7. The van der Waals surface area contributed by atoms with Gasteiger partial charge in [-0.2, -0.15) is 26.3 Å². The molecule has 2 unspecified atom stereocenters. The number of methoxy groups -OCH3 is 1. The highest BCUT2D eigenvalue weighted by Crippen LogP contribution is 2.34. The van der Waals surface area contributed by atoms with E-state index < -0.39 is 68.6 Å². The fourth-order valence-electron chi connectivity index (χ4n) is 5.82. The number of nitrogens with one attached hydrogen (secondary N) is 2. The Bertz CT molecular complexity index is 1650. The lowest BCUT2D eigenvalue weighted by Gasteiger charge is -2.28. The second-order valence-corrected chi connectivity index (χ2v) is 20.5. The molecule has 0 bridgehead atoms. The molecule has 3 aromatic rings. The topological polar surface area (TPSA) is 97.7 Å². The van der Waals surface area contributed by atoms with Crippen molar-refractivity contribution in [1.82, 2.24) is 24.5 Å². The van der Waals surface area contributed by atoms with Crippen LogP contribution in [0, 0.1) is 20.8 Å². The number of carbonyl (C=O) groups is 1. The zero-order valence-electron chi connectivity index (χ0n) is 28.5. The molecule has 49 heavy (non-hydrogen) atoms. The van der Waals surface area contributed by atoms with Gasteiger partial charge < -0.3 is 24.3 Å². The Morgan fingerprint density at radius 1 is 1.08 bits per heavy atom. The number of halogens is 6. The molecular weight excluding hydrogens is 693 g/mol. The van der Waals surface area contributed by atoms with E-state index in [0.717, 1.165) is 23.6 Å². The standard InChI is InChI=1S/C32H43F6N5O4SSi/c1-19-12-20(2)28(21(3)13-19)48(45)41-27(25(46-4)15-31(33,34)35)29-39-23-14-22(16-42-17-26(32(36,37)38)40-30(42)44)8-9-24(23)43(29)18-47-10-11-49(5,6)7/h8-9,12-14,25-27,41H,10-11,15-18H2,1-7H3,(H,40,44)/t25?,26-,27?,48-/m0/s1. The monoisotopic (exact) mass is 735 g/mol. The number of benzene rings is 2. The summed E-state index contributed by atoms with van der Waals surface area (Å²) in [6.07, 6.45) is -12.2.